The van der Waals surface area contributed by atoms with Gasteiger partial charge in [-0.2, -0.15) is 11.8 Å². The first kappa shape index (κ1) is 17.5. The lowest BCUT2D eigenvalue weighted by Gasteiger charge is -2.39. The van der Waals surface area contributed by atoms with Crippen molar-refractivity contribution in [2.45, 2.75) is 45.3 Å². The van der Waals surface area contributed by atoms with Gasteiger partial charge in [0.25, 0.3) is 0 Å². The van der Waals surface area contributed by atoms with Gasteiger partial charge in [-0.25, -0.2) is 0 Å². The largest absolute Gasteiger partial charge is 0.480 e. The molecule has 3 rings (SSSR count). The molecule has 0 saturated heterocycles. The van der Waals surface area contributed by atoms with E-state index in [0.717, 1.165) is 35.1 Å². The van der Waals surface area contributed by atoms with E-state index in [9.17, 15) is 14.7 Å². The lowest BCUT2D eigenvalue weighted by atomic mass is 9.67. The molecule has 1 fully saturated rings. The minimum atomic E-state index is -1.33. The standard InChI is InChI=1S/C18H23NO4S/c1-9-6-11-14(12(9)7-24-8-13(19)16(21)22)10(2)18(4-5-18)17(3,23)15(11)20/h6,13,23H,4-5,7-8,19H2,1-3H3,(H,21,22)/t13-,17-/m0/s1. The third-order valence-corrected chi connectivity index (χ3v) is 6.82. The summed E-state index contributed by atoms with van der Waals surface area (Å²) in [4.78, 5) is 23.6. The molecule has 0 aromatic rings. The zero-order chi connectivity index (χ0) is 17.9. The van der Waals surface area contributed by atoms with Crippen molar-refractivity contribution in [2.75, 3.05) is 11.5 Å². The van der Waals surface area contributed by atoms with Crippen molar-refractivity contribution >= 4 is 23.5 Å². The van der Waals surface area contributed by atoms with Gasteiger partial charge in [-0.3, -0.25) is 9.59 Å². The Morgan fingerprint density at radius 1 is 1.42 bits per heavy atom. The van der Waals surface area contributed by atoms with Gasteiger partial charge < -0.3 is 15.9 Å². The van der Waals surface area contributed by atoms with Crippen LogP contribution in [0.4, 0.5) is 0 Å². The molecule has 0 bridgehead atoms. The molecule has 24 heavy (non-hydrogen) atoms. The second kappa shape index (κ2) is 5.58. The Morgan fingerprint density at radius 3 is 2.58 bits per heavy atom. The Kier molecular flexibility index (Phi) is 4.06. The molecule has 3 aliphatic rings. The van der Waals surface area contributed by atoms with E-state index in [4.69, 9.17) is 10.8 Å². The second-order valence-electron chi connectivity index (χ2n) is 7.16. The smallest absolute Gasteiger partial charge is 0.321 e. The van der Waals surface area contributed by atoms with Crippen molar-refractivity contribution in [3.05, 3.63) is 33.9 Å². The first-order valence-electron chi connectivity index (χ1n) is 8.10. The maximum Gasteiger partial charge on any atom is 0.321 e. The molecule has 0 aromatic carbocycles. The molecule has 5 nitrogen and oxygen atoms in total. The van der Waals surface area contributed by atoms with Crippen molar-refractivity contribution in [1.82, 2.24) is 0 Å². The number of thioether (sulfide) groups is 1. The third-order valence-electron chi connectivity index (χ3n) is 5.73. The van der Waals surface area contributed by atoms with E-state index in [2.05, 4.69) is 0 Å². The van der Waals surface area contributed by atoms with E-state index in [1.807, 2.05) is 19.9 Å². The second-order valence-corrected chi connectivity index (χ2v) is 8.19. The van der Waals surface area contributed by atoms with E-state index in [-0.39, 0.29) is 5.78 Å². The summed E-state index contributed by atoms with van der Waals surface area (Å²) in [6, 6.07) is -0.886. The Labute approximate surface area is 145 Å². The lowest BCUT2D eigenvalue weighted by molar-refractivity contribution is -0.138. The molecule has 1 saturated carbocycles. The zero-order valence-corrected chi connectivity index (χ0v) is 15.0. The van der Waals surface area contributed by atoms with Crippen LogP contribution in [0.15, 0.2) is 33.9 Å². The van der Waals surface area contributed by atoms with Gasteiger partial charge in [0.05, 0.1) is 0 Å². The fraction of sp³-hybridized carbons (Fsp3) is 0.556. The first-order valence-corrected chi connectivity index (χ1v) is 9.26. The maximum absolute atomic E-state index is 12.8. The van der Waals surface area contributed by atoms with Crippen LogP contribution in [0.5, 0.6) is 0 Å². The fourth-order valence-electron chi connectivity index (χ4n) is 3.96. The average Bonchev–Trinajstić information content (AvgIpc) is 3.26. The van der Waals surface area contributed by atoms with Crippen molar-refractivity contribution < 1.29 is 19.8 Å². The summed E-state index contributed by atoms with van der Waals surface area (Å²) in [5.74, 6) is -0.257. The molecule has 0 aromatic heterocycles. The van der Waals surface area contributed by atoms with Crippen LogP contribution in [-0.2, 0) is 9.59 Å². The highest BCUT2D eigenvalue weighted by Crippen LogP contribution is 2.65. The topological polar surface area (TPSA) is 101 Å². The van der Waals surface area contributed by atoms with Crippen molar-refractivity contribution in [1.29, 1.82) is 0 Å². The van der Waals surface area contributed by atoms with Gasteiger partial charge in [-0.1, -0.05) is 5.57 Å². The van der Waals surface area contributed by atoms with E-state index in [0.29, 0.717) is 17.1 Å². The third kappa shape index (κ3) is 2.31. The fourth-order valence-corrected chi connectivity index (χ4v) is 5.05. The Bertz CT molecular complexity index is 725. The van der Waals surface area contributed by atoms with Gasteiger partial charge in [-0.15, -0.1) is 0 Å². The minimum absolute atomic E-state index is 0.192. The normalized spacial score (nSPS) is 29.0. The van der Waals surface area contributed by atoms with E-state index >= 15 is 0 Å². The average molecular weight is 349 g/mol. The molecule has 130 valence electrons. The van der Waals surface area contributed by atoms with Gasteiger partial charge in [0, 0.05) is 22.5 Å². The van der Waals surface area contributed by atoms with E-state index < -0.39 is 23.0 Å². The number of ketones is 1. The van der Waals surface area contributed by atoms with Gasteiger partial charge in [0.2, 0.25) is 0 Å². The number of aliphatic carboxylic acids is 1. The quantitative estimate of drug-likeness (QED) is 0.700. The summed E-state index contributed by atoms with van der Waals surface area (Å²) in [5.41, 5.74) is 8.55. The van der Waals surface area contributed by atoms with Crippen molar-refractivity contribution in [3.8, 4) is 0 Å². The highest BCUT2D eigenvalue weighted by molar-refractivity contribution is 7.99. The predicted octanol–water partition coefficient (Wildman–Crippen LogP) is 1.82. The Hall–Kier alpha value is -1.37. The van der Waals surface area contributed by atoms with Gasteiger partial charge in [0.15, 0.2) is 5.78 Å². The first-order chi connectivity index (χ1) is 11.1. The summed E-state index contributed by atoms with van der Waals surface area (Å²) in [6.45, 7) is 5.61. The SMILES string of the molecule is CC1=C(CSC[C@H](N)C(=O)O)C2=C(C)C3(CC3)[C@@](C)(O)C(=O)C2=C1. The number of Topliss-reactive ketones (excluding diaryl/α,β-unsaturated/α-hetero) is 1. The van der Waals surface area contributed by atoms with Crippen LogP contribution < -0.4 is 5.73 Å². The number of carbonyl (C=O) groups excluding carboxylic acids is 1. The Balaban J connectivity index is 1.88. The number of aliphatic hydroxyl groups is 1. The van der Waals surface area contributed by atoms with Crippen LogP contribution in [0.3, 0.4) is 0 Å². The number of carboxylic acids is 1. The van der Waals surface area contributed by atoms with Crippen LogP contribution in [0.25, 0.3) is 0 Å². The van der Waals surface area contributed by atoms with Crippen molar-refractivity contribution in [2.24, 2.45) is 11.1 Å². The number of carbonyl (C=O) groups is 2. The summed E-state index contributed by atoms with van der Waals surface area (Å²) < 4.78 is 0. The number of rotatable bonds is 5. The molecule has 4 N–H and O–H groups in total. The maximum atomic E-state index is 12.8. The minimum Gasteiger partial charge on any atom is -0.480 e. The number of fused-ring (bicyclic) bond motifs is 1. The molecular formula is C18H23NO4S. The number of nitrogens with two attached hydrogens (primary N) is 1. The van der Waals surface area contributed by atoms with E-state index in [1.54, 1.807) is 6.92 Å². The molecule has 0 aliphatic heterocycles. The monoisotopic (exact) mass is 349 g/mol. The number of allylic oxidation sites excluding steroid dienone is 3. The molecule has 3 aliphatic carbocycles. The van der Waals surface area contributed by atoms with E-state index in [1.165, 1.54) is 11.8 Å². The van der Waals surface area contributed by atoms with Crippen LogP contribution in [0.2, 0.25) is 0 Å². The summed E-state index contributed by atoms with van der Waals surface area (Å²) in [7, 11) is 0. The molecule has 6 heteroatoms. The van der Waals surface area contributed by atoms with Crippen LogP contribution in [-0.4, -0.2) is 45.1 Å². The highest BCUT2D eigenvalue weighted by Gasteiger charge is 2.64. The molecule has 0 radical (unpaired) electrons. The van der Waals surface area contributed by atoms with Gasteiger partial charge >= 0.3 is 5.97 Å². The zero-order valence-electron chi connectivity index (χ0n) is 14.2. The molecule has 1 spiro atoms. The summed E-state index contributed by atoms with van der Waals surface area (Å²) in [5, 5.41) is 19.7. The number of carboxylic acid groups (broad SMARTS) is 1. The van der Waals surface area contributed by atoms with Crippen LogP contribution in [0.1, 0.15) is 33.6 Å². The molecular weight excluding hydrogens is 326 g/mol. The van der Waals surface area contributed by atoms with Crippen LogP contribution in [0, 0.1) is 5.41 Å². The number of hydrogen-bond donors (Lipinski definition) is 3. The van der Waals surface area contributed by atoms with Crippen molar-refractivity contribution in [3.63, 3.8) is 0 Å². The number of hydrogen-bond acceptors (Lipinski definition) is 5. The summed E-state index contributed by atoms with van der Waals surface area (Å²) >= 11 is 1.47. The Morgan fingerprint density at radius 2 is 2.04 bits per heavy atom. The molecule has 0 unspecified atom stereocenters. The molecule has 0 amide bonds. The summed E-state index contributed by atoms with van der Waals surface area (Å²) in [6.07, 6.45) is 3.52. The van der Waals surface area contributed by atoms with Gasteiger partial charge in [-0.05, 0) is 56.4 Å². The molecule has 0 heterocycles. The molecule has 2 atom stereocenters. The van der Waals surface area contributed by atoms with Crippen LogP contribution >= 0.6 is 11.8 Å². The predicted molar refractivity (Wildman–Crippen MR) is 93.7 cm³/mol. The van der Waals surface area contributed by atoms with Gasteiger partial charge in [0.1, 0.15) is 11.6 Å². The lowest BCUT2D eigenvalue weighted by Crippen LogP contribution is -2.49. The highest BCUT2D eigenvalue weighted by atomic mass is 32.2.